The SMILES string of the molecule is C=CCN(c1ccccc1Cl)S(=O)(=O)c1cc(C(=O)Nc2cccc(OC)c2)ccc1Cl. The number of ether oxygens (including phenoxy) is 1. The monoisotopic (exact) mass is 490 g/mol. The van der Waals surface area contributed by atoms with Gasteiger partial charge in [-0.05, 0) is 42.5 Å². The minimum Gasteiger partial charge on any atom is -0.497 e. The van der Waals surface area contributed by atoms with E-state index in [2.05, 4.69) is 11.9 Å². The van der Waals surface area contributed by atoms with E-state index in [1.807, 2.05) is 0 Å². The predicted molar refractivity (Wildman–Crippen MR) is 129 cm³/mol. The lowest BCUT2D eigenvalue weighted by atomic mass is 10.2. The molecule has 0 saturated heterocycles. The number of nitrogens with one attached hydrogen (secondary N) is 1. The molecular weight excluding hydrogens is 471 g/mol. The second kappa shape index (κ2) is 10.1. The van der Waals surface area contributed by atoms with E-state index in [0.29, 0.717) is 11.4 Å². The highest BCUT2D eigenvalue weighted by Gasteiger charge is 2.28. The van der Waals surface area contributed by atoms with Crippen LogP contribution in [-0.4, -0.2) is 28.0 Å². The van der Waals surface area contributed by atoms with E-state index >= 15 is 0 Å². The molecule has 0 aliphatic rings. The summed E-state index contributed by atoms with van der Waals surface area (Å²) in [7, 11) is -2.64. The Labute approximate surface area is 197 Å². The maximum atomic E-state index is 13.5. The molecule has 0 saturated carbocycles. The van der Waals surface area contributed by atoms with E-state index in [9.17, 15) is 13.2 Å². The first-order chi connectivity index (χ1) is 15.3. The Morgan fingerprint density at radius 1 is 1.06 bits per heavy atom. The Bertz CT molecular complexity index is 1260. The first-order valence-corrected chi connectivity index (χ1v) is 11.6. The van der Waals surface area contributed by atoms with Crippen molar-refractivity contribution in [2.75, 3.05) is 23.3 Å². The fourth-order valence-corrected chi connectivity index (χ4v) is 5.21. The van der Waals surface area contributed by atoms with Gasteiger partial charge in [0.2, 0.25) is 0 Å². The summed E-state index contributed by atoms with van der Waals surface area (Å²) in [6.07, 6.45) is 1.44. The van der Waals surface area contributed by atoms with Crippen LogP contribution in [-0.2, 0) is 10.0 Å². The lowest BCUT2D eigenvalue weighted by Crippen LogP contribution is -2.32. The number of hydrogen-bond donors (Lipinski definition) is 1. The lowest BCUT2D eigenvalue weighted by Gasteiger charge is -2.24. The number of hydrogen-bond acceptors (Lipinski definition) is 4. The first-order valence-electron chi connectivity index (χ1n) is 9.41. The van der Waals surface area contributed by atoms with Gasteiger partial charge in [0.15, 0.2) is 0 Å². The maximum Gasteiger partial charge on any atom is 0.266 e. The van der Waals surface area contributed by atoms with Crippen LogP contribution < -0.4 is 14.4 Å². The van der Waals surface area contributed by atoms with Crippen molar-refractivity contribution >= 4 is 50.5 Å². The van der Waals surface area contributed by atoms with Crippen LogP contribution in [0.2, 0.25) is 10.0 Å². The van der Waals surface area contributed by atoms with Gasteiger partial charge < -0.3 is 10.1 Å². The fraction of sp³-hybridized carbons (Fsp3) is 0.0870. The van der Waals surface area contributed by atoms with Crippen molar-refractivity contribution in [3.05, 3.63) is 95.0 Å². The molecule has 0 radical (unpaired) electrons. The number of amides is 1. The highest BCUT2D eigenvalue weighted by molar-refractivity contribution is 7.93. The third kappa shape index (κ3) is 5.07. The molecule has 0 heterocycles. The number of carbonyl (C=O) groups excluding carboxylic acids is 1. The van der Waals surface area contributed by atoms with Crippen molar-refractivity contribution in [2.24, 2.45) is 0 Å². The van der Waals surface area contributed by atoms with E-state index in [0.717, 1.165) is 4.31 Å². The summed E-state index contributed by atoms with van der Waals surface area (Å²) in [4.78, 5) is 12.6. The fourth-order valence-electron chi connectivity index (χ4n) is 2.96. The normalized spacial score (nSPS) is 11.0. The quantitative estimate of drug-likeness (QED) is 0.414. The first kappa shape index (κ1) is 23.7. The average Bonchev–Trinajstić information content (AvgIpc) is 2.78. The summed E-state index contributed by atoms with van der Waals surface area (Å²) in [6, 6.07) is 17.4. The van der Waals surface area contributed by atoms with Crippen molar-refractivity contribution in [3.63, 3.8) is 0 Å². The third-order valence-electron chi connectivity index (χ3n) is 4.51. The number of benzene rings is 3. The van der Waals surface area contributed by atoms with Crippen LogP contribution in [0.4, 0.5) is 11.4 Å². The zero-order valence-electron chi connectivity index (χ0n) is 17.1. The Balaban J connectivity index is 2.00. The second-order valence-corrected chi connectivity index (χ2v) is 9.25. The minimum atomic E-state index is -4.16. The molecule has 3 aromatic rings. The Kier molecular flexibility index (Phi) is 7.45. The molecule has 32 heavy (non-hydrogen) atoms. The van der Waals surface area contributed by atoms with Crippen molar-refractivity contribution in [2.45, 2.75) is 4.90 Å². The second-order valence-electron chi connectivity index (χ2n) is 6.61. The summed E-state index contributed by atoms with van der Waals surface area (Å²) in [5, 5.41) is 2.95. The minimum absolute atomic E-state index is 0.0240. The van der Waals surface area contributed by atoms with Crippen LogP contribution in [0.15, 0.2) is 84.3 Å². The smallest absolute Gasteiger partial charge is 0.266 e. The number of anilines is 2. The van der Waals surface area contributed by atoms with Crippen molar-refractivity contribution in [1.29, 1.82) is 0 Å². The standard InChI is InChI=1S/C23H20Cl2N2O4S/c1-3-13-27(21-10-5-4-9-19(21)24)32(29,30)22-14-16(11-12-20(22)25)23(28)26-17-7-6-8-18(15-17)31-2/h3-12,14-15H,1,13H2,2H3,(H,26,28). The predicted octanol–water partition coefficient (Wildman–Crippen LogP) is 5.64. The van der Waals surface area contributed by atoms with Gasteiger partial charge in [-0.25, -0.2) is 8.42 Å². The van der Waals surface area contributed by atoms with Crippen LogP contribution in [0.25, 0.3) is 0 Å². The zero-order valence-corrected chi connectivity index (χ0v) is 19.4. The Morgan fingerprint density at radius 3 is 2.50 bits per heavy atom. The maximum absolute atomic E-state index is 13.5. The summed E-state index contributed by atoms with van der Waals surface area (Å²) >= 11 is 12.5. The number of nitrogens with zero attached hydrogens (tertiary/aromatic N) is 1. The average molecular weight is 491 g/mol. The van der Waals surface area contributed by atoms with E-state index in [4.69, 9.17) is 27.9 Å². The number of para-hydroxylation sites is 1. The van der Waals surface area contributed by atoms with Crippen molar-refractivity contribution in [1.82, 2.24) is 0 Å². The van der Waals surface area contributed by atoms with Crippen molar-refractivity contribution in [3.8, 4) is 5.75 Å². The number of sulfonamides is 1. The molecule has 0 aromatic heterocycles. The van der Waals surface area contributed by atoms with Crippen LogP contribution in [0, 0.1) is 0 Å². The zero-order chi connectivity index (χ0) is 23.3. The molecular formula is C23H20Cl2N2O4S. The van der Waals surface area contributed by atoms with Gasteiger partial charge in [-0.3, -0.25) is 9.10 Å². The Hall–Kier alpha value is -3.00. The molecule has 0 unspecified atom stereocenters. The van der Waals surface area contributed by atoms with E-state index in [-0.39, 0.29) is 32.7 Å². The molecule has 0 fully saturated rings. The molecule has 0 bridgehead atoms. The summed E-state index contributed by atoms with van der Waals surface area (Å²) < 4.78 is 33.2. The van der Waals surface area contributed by atoms with Crippen LogP contribution >= 0.6 is 23.2 Å². The molecule has 1 N–H and O–H groups in total. The van der Waals surface area contributed by atoms with E-state index in [1.165, 1.54) is 31.4 Å². The Morgan fingerprint density at radius 2 is 1.81 bits per heavy atom. The van der Waals surface area contributed by atoms with Gasteiger partial charge in [0.25, 0.3) is 15.9 Å². The number of methoxy groups -OCH3 is 1. The van der Waals surface area contributed by atoms with Crippen LogP contribution in [0.3, 0.4) is 0 Å². The molecule has 166 valence electrons. The molecule has 3 aromatic carbocycles. The molecule has 1 amide bonds. The largest absolute Gasteiger partial charge is 0.497 e. The van der Waals surface area contributed by atoms with Gasteiger partial charge in [-0.15, -0.1) is 6.58 Å². The summed E-state index contributed by atoms with van der Waals surface area (Å²) in [5.74, 6) is 0.0707. The van der Waals surface area contributed by atoms with E-state index in [1.54, 1.807) is 48.5 Å². The molecule has 3 rings (SSSR count). The highest BCUT2D eigenvalue weighted by atomic mass is 35.5. The summed E-state index contributed by atoms with van der Waals surface area (Å²) in [6.45, 7) is 3.60. The summed E-state index contributed by atoms with van der Waals surface area (Å²) in [5.41, 5.74) is 0.892. The van der Waals surface area contributed by atoms with Crippen LogP contribution in [0.5, 0.6) is 5.75 Å². The molecule has 9 heteroatoms. The topological polar surface area (TPSA) is 75.7 Å². The van der Waals surface area contributed by atoms with Gasteiger partial charge in [-0.1, -0.05) is 47.5 Å². The van der Waals surface area contributed by atoms with Gasteiger partial charge >= 0.3 is 0 Å². The van der Waals surface area contributed by atoms with Gasteiger partial charge in [0, 0.05) is 17.3 Å². The van der Waals surface area contributed by atoms with E-state index < -0.39 is 15.9 Å². The molecule has 0 spiro atoms. The van der Waals surface area contributed by atoms with Gasteiger partial charge in [-0.2, -0.15) is 0 Å². The number of rotatable bonds is 8. The molecule has 0 atom stereocenters. The number of halogens is 2. The van der Waals surface area contributed by atoms with Gasteiger partial charge in [0.1, 0.15) is 10.6 Å². The van der Waals surface area contributed by atoms with Gasteiger partial charge in [0.05, 0.1) is 29.4 Å². The molecule has 6 nitrogen and oxygen atoms in total. The van der Waals surface area contributed by atoms with Crippen molar-refractivity contribution < 1.29 is 17.9 Å². The molecule has 0 aliphatic heterocycles. The van der Waals surface area contributed by atoms with Crippen LogP contribution in [0.1, 0.15) is 10.4 Å². The third-order valence-corrected chi connectivity index (χ3v) is 7.09. The molecule has 0 aliphatic carbocycles. The lowest BCUT2D eigenvalue weighted by molar-refractivity contribution is 0.102. The highest BCUT2D eigenvalue weighted by Crippen LogP contribution is 2.33. The number of carbonyl (C=O) groups is 1.